The molecule has 1 aliphatic heterocycles. The molecule has 1 aliphatic rings. The van der Waals surface area contributed by atoms with Gasteiger partial charge in [0, 0.05) is 37.9 Å². The van der Waals surface area contributed by atoms with Gasteiger partial charge in [0.1, 0.15) is 6.07 Å². The Morgan fingerprint density at radius 3 is 2.39 bits per heavy atom. The van der Waals surface area contributed by atoms with Crippen LogP contribution in [0.2, 0.25) is 0 Å². The molecule has 1 saturated heterocycles. The zero-order valence-electron chi connectivity index (χ0n) is 12.7. The van der Waals surface area contributed by atoms with Crippen LogP contribution in [-0.4, -0.2) is 43.5 Å². The van der Waals surface area contributed by atoms with E-state index in [0.29, 0.717) is 5.69 Å². The number of benzene rings is 1. The fourth-order valence-corrected chi connectivity index (χ4v) is 2.60. The van der Waals surface area contributed by atoms with Crippen LogP contribution in [0.25, 0.3) is 0 Å². The van der Waals surface area contributed by atoms with Crippen molar-refractivity contribution in [3.8, 4) is 11.8 Å². The Morgan fingerprint density at radius 1 is 1.09 bits per heavy atom. The summed E-state index contributed by atoms with van der Waals surface area (Å²) in [5.74, 6) is 0.648. The lowest BCUT2D eigenvalue weighted by Gasteiger charge is -2.36. The lowest BCUT2D eigenvalue weighted by atomic mass is 10.2. The molecule has 0 N–H and O–H groups in total. The number of ether oxygens (including phenoxy) is 1. The van der Waals surface area contributed by atoms with E-state index < -0.39 is 0 Å². The smallest absolute Gasteiger partial charge is 0.167 e. The van der Waals surface area contributed by atoms with Crippen LogP contribution < -0.4 is 14.5 Å². The molecule has 118 valence electrons. The summed E-state index contributed by atoms with van der Waals surface area (Å²) >= 11 is 0. The Hall–Kier alpha value is -2.88. The molecule has 0 amide bonds. The Bertz CT molecular complexity index is 720. The van der Waals surface area contributed by atoms with Crippen LogP contribution in [0, 0.1) is 17.1 Å². The first-order valence-corrected chi connectivity index (χ1v) is 7.28. The van der Waals surface area contributed by atoms with Crippen LogP contribution in [0.15, 0.2) is 30.3 Å². The molecule has 0 unspecified atom stereocenters. The standard InChI is InChI=1S/C16H16FN5O/c1-23-15-4-3-13(10-14(15)17)21-6-8-22(9-7-21)16-5-2-12(11-18)19-20-16/h2-5,10H,6-9H2,1H3. The van der Waals surface area contributed by atoms with Crippen LogP contribution in [0.5, 0.6) is 5.75 Å². The van der Waals surface area contributed by atoms with Crippen molar-refractivity contribution >= 4 is 11.5 Å². The molecular formula is C16H16FN5O. The van der Waals surface area contributed by atoms with E-state index in [4.69, 9.17) is 10.00 Å². The van der Waals surface area contributed by atoms with Gasteiger partial charge in [0.05, 0.1) is 7.11 Å². The normalized spacial score (nSPS) is 14.5. The van der Waals surface area contributed by atoms with Crippen molar-refractivity contribution in [2.75, 3.05) is 43.1 Å². The van der Waals surface area contributed by atoms with Crippen LogP contribution in [0.3, 0.4) is 0 Å². The fraction of sp³-hybridized carbons (Fsp3) is 0.312. The quantitative estimate of drug-likeness (QED) is 0.861. The number of piperazine rings is 1. The molecule has 2 aromatic rings. The number of hydrogen-bond donors (Lipinski definition) is 0. The van der Waals surface area contributed by atoms with E-state index in [2.05, 4.69) is 20.0 Å². The highest BCUT2D eigenvalue weighted by atomic mass is 19.1. The maximum absolute atomic E-state index is 13.8. The molecule has 0 radical (unpaired) electrons. The van der Waals surface area contributed by atoms with Gasteiger partial charge < -0.3 is 14.5 Å². The van der Waals surface area contributed by atoms with E-state index >= 15 is 0 Å². The molecule has 1 aromatic heterocycles. The van der Waals surface area contributed by atoms with Crippen LogP contribution >= 0.6 is 0 Å². The van der Waals surface area contributed by atoms with Gasteiger partial charge in [-0.1, -0.05) is 0 Å². The lowest BCUT2D eigenvalue weighted by Crippen LogP contribution is -2.46. The van der Waals surface area contributed by atoms with Gasteiger partial charge in [-0.2, -0.15) is 5.26 Å². The summed E-state index contributed by atoms with van der Waals surface area (Å²) in [6.45, 7) is 3.03. The molecule has 2 heterocycles. The Balaban J connectivity index is 1.66. The molecule has 0 bridgehead atoms. The Morgan fingerprint density at radius 2 is 1.83 bits per heavy atom. The summed E-state index contributed by atoms with van der Waals surface area (Å²) in [6.07, 6.45) is 0. The predicted octanol–water partition coefficient (Wildman–Crippen LogP) is 1.82. The molecular weight excluding hydrogens is 297 g/mol. The maximum Gasteiger partial charge on any atom is 0.167 e. The van der Waals surface area contributed by atoms with E-state index in [-0.39, 0.29) is 11.6 Å². The second-order valence-corrected chi connectivity index (χ2v) is 5.18. The summed E-state index contributed by atoms with van der Waals surface area (Å²) in [5.41, 5.74) is 1.15. The van der Waals surface area contributed by atoms with Gasteiger partial charge in [-0.3, -0.25) is 0 Å². The van der Waals surface area contributed by atoms with Gasteiger partial charge in [0.2, 0.25) is 0 Å². The van der Waals surface area contributed by atoms with Gasteiger partial charge in [-0.25, -0.2) is 4.39 Å². The number of hydrogen-bond acceptors (Lipinski definition) is 6. The molecule has 3 rings (SSSR count). The highest BCUT2D eigenvalue weighted by Crippen LogP contribution is 2.25. The van der Waals surface area contributed by atoms with Crippen molar-refractivity contribution in [3.63, 3.8) is 0 Å². The van der Waals surface area contributed by atoms with Crippen LogP contribution in [0.1, 0.15) is 5.69 Å². The largest absolute Gasteiger partial charge is 0.494 e. The fourth-order valence-electron chi connectivity index (χ4n) is 2.60. The maximum atomic E-state index is 13.8. The topological polar surface area (TPSA) is 65.3 Å². The first kappa shape index (κ1) is 15.0. The van der Waals surface area contributed by atoms with E-state index in [9.17, 15) is 4.39 Å². The number of nitrogens with zero attached hydrogens (tertiary/aromatic N) is 5. The number of anilines is 2. The highest BCUT2D eigenvalue weighted by molar-refractivity contribution is 5.52. The molecule has 6 nitrogen and oxygen atoms in total. The number of nitriles is 1. The van der Waals surface area contributed by atoms with Crippen molar-refractivity contribution < 1.29 is 9.13 Å². The van der Waals surface area contributed by atoms with E-state index in [0.717, 1.165) is 37.7 Å². The molecule has 0 spiro atoms. The van der Waals surface area contributed by atoms with Crippen LogP contribution in [-0.2, 0) is 0 Å². The average molecular weight is 313 g/mol. The third-order valence-corrected chi connectivity index (χ3v) is 3.87. The van der Waals surface area contributed by atoms with Crippen molar-refractivity contribution in [2.24, 2.45) is 0 Å². The van der Waals surface area contributed by atoms with E-state index in [1.165, 1.54) is 13.2 Å². The number of methoxy groups -OCH3 is 1. The van der Waals surface area contributed by atoms with Crippen molar-refractivity contribution in [3.05, 3.63) is 41.8 Å². The van der Waals surface area contributed by atoms with Crippen LogP contribution in [0.4, 0.5) is 15.9 Å². The molecule has 0 atom stereocenters. The van der Waals surface area contributed by atoms with E-state index in [1.807, 2.05) is 12.1 Å². The van der Waals surface area contributed by atoms with E-state index in [1.54, 1.807) is 18.2 Å². The zero-order chi connectivity index (χ0) is 16.2. The zero-order valence-corrected chi connectivity index (χ0v) is 12.7. The van der Waals surface area contributed by atoms with Crippen molar-refractivity contribution in [1.82, 2.24) is 10.2 Å². The van der Waals surface area contributed by atoms with Gasteiger partial charge in [-0.15, -0.1) is 10.2 Å². The Kier molecular flexibility index (Phi) is 4.24. The SMILES string of the molecule is COc1ccc(N2CCN(c3ccc(C#N)nn3)CC2)cc1F. The summed E-state index contributed by atoms with van der Waals surface area (Å²) < 4.78 is 18.8. The number of rotatable bonds is 3. The van der Waals surface area contributed by atoms with Gasteiger partial charge in [0.25, 0.3) is 0 Å². The van der Waals surface area contributed by atoms with Gasteiger partial charge in [-0.05, 0) is 24.3 Å². The molecule has 0 aliphatic carbocycles. The van der Waals surface area contributed by atoms with Gasteiger partial charge >= 0.3 is 0 Å². The first-order valence-electron chi connectivity index (χ1n) is 7.28. The molecule has 1 aromatic carbocycles. The van der Waals surface area contributed by atoms with Gasteiger partial charge in [0.15, 0.2) is 23.1 Å². The second kappa shape index (κ2) is 6.48. The lowest BCUT2D eigenvalue weighted by molar-refractivity contribution is 0.386. The Labute approximate surface area is 133 Å². The summed E-state index contributed by atoms with van der Waals surface area (Å²) in [5, 5.41) is 16.7. The molecule has 1 fully saturated rings. The molecule has 7 heteroatoms. The minimum atomic E-state index is -0.356. The molecule has 23 heavy (non-hydrogen) atoms. The number of aromatic nitrogens is 2. The third kappa shape index (κ3) is 3.16. The first-order chi connectivity index (χ1) is 11.2. The summed E-state index contributed by atoms with van der Waals surface area (Å²) in [7, 11) is 1.45. The minimum absolute atomic E-state index is 0.250. The predicted molar refractivity (Wildman–Crippen MR) is 84.1 cm³/mol. The number of halogens is 1. The molecule has 0 saturated carbocycles. The highest BCUT2D eigenvalue weighted by Gasteiger charge is 2.19. The van der Waals surface area contributed by atoms with Crippen molar-refractivity contribution in [1.29, 1.82) is 5.26 Å². The average Bonchev–Trinajstić information content (AvgIpc) is 2.62. The monoisotopic (exact) mass is 313 g/mol. The second-order valence-electron chi connectivity index (χ2n) is 5.18. The van der Waals surface area contributed by atoms with Crippen molar-refractivity contribution in [2.45, 2.75) is 0 Å². The summed E-state index contributed by atoms with van der Waals surface area (Å²) in [4.78, 5) is 4.22. The third-order valence-electron chi connectivity index (χ3n) is 3.87. The summed E-state index contributed by atoms with van der Waals surface area (Å²) in [6, 6.07) is 10.4. The minimum Gasteiger partial charge on any atom is -0.494 e.